The molecular weight excluding hydrogens is 208 g/mol. The minimum absolute atomic E-state index is 0.421. The zero-order valence-electron chi connectivity index (χ0n) is 11.7. The average molecular weight is 238 g/mol. The van der Waals surface area contributed by atoms with Crippen LogP contribution in [-0.2, 0) is 0 Å². The molecule has 1 saturated carbocycles. The van der Waals surface area contributed by atoms with Crippen molar-refractivity contribution in [3.63, 3.8) is 0 Å². The number of nitrogens with two attached hydrogens (primary N) is 1. The van der Waals surface area contributed by atoms with Crippen LogP contribution in [0.2, 0.25) is 0 Å². The number of hydrogen-bond donors (Lipinski definition) is 1. The number of nitrogens with zero attached hydrogens (tertiary/aromatic N) is 1. The lowest BCUT2D eigenvalue weighted by molar-refractivity contribution is 0.211. The molecule has 1 heterocycles. The van der Waals surface area contributed by atoms with Crippen LogP contribution < -0.4 is 5.73 Å². The molecule has 2 N–H and O–H groups in total. The van der Waals surface area contributed by atoms with Crippen LogP contribution in [0.3, 0.4) is 0 Å². The zero-order valence-corrected chi connectivity index (χ0v) is 11.7. The quantitative estimate of drug-likeness (QED) is 0.766. The van der Waals surface area contributed by atoms with Crippen molar-refractivity contribution in [2.24, 2.45) is 17.6 Å². The molecular formula is C15H30N2. The van der Waals surface area contributed by atoms with Crippen molar-refractivity contribution in [3.05, 3.63) is 0 Å². The molecule has 1 aliphatic heterocycles. The van der Waals surface area contributed by atoms with Crippen LogP contribution in [0.1, 0.15) is 58.8 Å². The molecule has 17 heavy (non-hydrogen) atoms. The lowest BCUT2D eigenvalue weighted by atomic mass is 9.95. The average Bonchev–Trinajstić information content (AvgIpc) is 2.54. The first kappa shape index (κ1) is 13.4. The molecule has 0 radical (unpaired) electrons. The van der Waals surface area contributed by atoms with Gasteiger partial charge in [0.1, 0.15) is 0 Å². The van der Waals surface area contributed by atoms with E-state index in [9.17, 15) is 0 Å². The summed E-state index contributed by atoms with van der Waals surface area (Å²) in [5, 5.41) is 0. The summed E-state index contributed by atoms with van der Waals surface area (Å²) in [4.78, 5) is 2.68. The maximum absolute atomic E-state index is 6.15. The lowest BCUT2D eigenvalue weighted by Crippen LogP contribution is -2.35. The van der Waals surface area contributed by atoms with Crippen LogP contribution in [0, 0.1) is 11.8 Å². The summed E-state index contributed by atoms with van der Waals surface area (Å²) in [5.41, 5.74) is 6.15. The summed E-state index contributed by atoms with van der Waals surface area (Å²) in [6, 6.07) is 1.26. The Bertz CT molecular complexity index is 219. The van der Waals surface area contributed by atoms with Crippen molar-refractivity contribution < 1.29 is 0 Å². The molecule has 0 aromatic heterocycles. The molecule has 2 fully saturated rings. The van der Waals surface area contributed by atoms with Gasteiger partial charge in [0.2, 0.25) is 0 Å². The fraction of sp³-hybridized carbons (Fsp3) is 1.00. The van der Waals surface area contributed by atoms with Crippen molar-refractivity contribution in [3.8, 4) is 0 Å². The van der Waals surface area contributed by atoms with E-state index < -0.39 is 0 Å². The smallest absolute Gasteiger partial charge is 0.0206 e. The predicted molar refractivity (Wildman–Crippen MR) is 74.0 cm³/mol. The summed E-state index contributed by atoms with van der Waals surface area (Å²) >= 11 is 0. The highest BCUT2D eigenvalue weighted by Crippen LogP contribution is 2.31. The van der Waals surface area contributed by atoms with Crippen molar-refractivity contribution in [1.82, 2.24) is 4.90 Å². The van der Waals surface area contributed by atoms with E-state index in [0.717, 1.165) is 18.5 Å². The third-order valence-corrected chi connectivity index (χ3v) is 4.97. The third kappa shape index (κ3) is 3.45. The Morgan fingerprint density at radius 3 is 2.59 bits per heavy atom. The Morgan fingerprint density at radius 1 is 1.12 bits per heavy atom. The number of hydrogen-bond acceptors (Lipinski definition) is 2. The highest BCUT2D eigenvalue weighted by Gasteiger charge is 2.32. The molecule has 2 aliphatic rings. The van der Waals surface area contributed by atoms with Crippen molar-refractivity contribution in [1.29, 1.82) is 0 Å². The van der Waals surface area contributed by atoms with Crippen LogP contribution >= 0.6 is 0 Å². The van der Waals surface area contributed by atoms with Crippen LogP contribution in [-0.4, -0.2) is 30.1 Å². The van der Waals surface area contributed by atoms with Gasteiger partial charge < -0.3 is 5.73 Å². The topological polar surface area (TPSA) is 29.3 Å². The Balaban J connectivity index is 1.82. The molecule has 0 bridgehead atoms. The van der Waals surface area contributed by atoms with Gasteiger partial charge in [0.05, 0.1) is 0 Å². The van der Waals surface area contributed by atoms with Crippen LogP contribution in [0.5, 0.6) is 0 Å². The minimum Gasteiger partial charge on any atom is -0.326 e. The first-order chi connectivity index (χ1) is 8.20. The van der Waals surface area contributed by atoms with Gasteiger partial charge in [-0.05, 0) is 31.1 Å². The maximum atomic E-state index is 6.15. The van der Waals surface area contributed by atoms with Gasteiger partial charge in [-0.2, -0.15) is 0 Å². The second kappa shape index (κ2) is 6.19. The zero-order chi connectivity index (χ0) is 12.3. The van der Waals surface area contributed by atoms with Crippen molar-refractivity contribution >= 4 is 0 Å². The molecule has 1 aliphatic carbocycles. The summed E-state index contributed by atoms with van der Waals surface area (Å²) in [7, 11) is 0. The van der Waals surface area contributed by atoms with E-state index in [4.69, 9.17) is 5.73 Å². The molecule has 0 amide bonds. The van der Waals surface area contributed by atoms with E-state index in [1.54, 1.807) is 0 Å². The molecule has 2 heteroatoms. The van der Waals surface area contributed by atoms with E-state index in [2.05, 4.69) is 18.7 Å². The van der Waals surface area contributed by atoms with E-state index in [0.29, 0.717) is 12.0 Å². The monoisotopic (exact) mass is 238 g/mol. The van der Waals surface area contributed by atoms with Crippen LogP contribution in [0.4, 0.5) is 0 Å². The second-order valence-electron chi connectivity index (χ2n) is 6.41. The maximum Gasteiger partial charge on any atom is 0.0206 e. The third-order valence-electron chi connectivity index (χ3n) is 4.97. The summed E-state index contributed by atoms with van der Waals surface area (Å²) < 4.78 is 0. The van der Waals surface area contributed by atoms with E-state index in [1.807, 2.05) is 0 Å². The van der Waals surface area contributed by atoms with Gasteiger partial charge in [-0.3, -0.25) is 4.90 Å². The molecule has 4 unspecified atom stereocenters. The molecule has 4 atom stereocenters. The van der Waals surface area contributed by atoms with Crippen LogP contribution in [0.25, 0.3) is 0 Å². The van der Waals surface area contributed by atoms with Gasteiger partial charge in [-0.25, -0.2) is 0 Å². The molecule has 2 nitrogen and oxygen atoms in total. The van der Waals surface area contributed by atoms with Gasteiger partial charge in [0, 0.05) is 25.2 Å². The lowest BCUT2D eigenvalue weighted by Gasteiger charge is -2.26. The highest BCUT2D eigenvalue weighted by atomic mass is 15.2. The van der Waals surface area contributed by atoms with Gasteiger partial charge in [-0.15, -0.1) is 0 Å². The second-order valence-corrected chi connectivity index (χ2v) is 6.41. The van der Waals surface area contributed by atoms with Gasteiger partial charge in [-0.1, -0.05) is 39.5 Å². The van der Waals surface area contributed by atoms with Gasteiger partial charge >= 0.3 is 0 Å². The summed E-state index contributed by atoms with van der Waals surface area (Å²) in [5.74, 6) is 1.71. The highest BCUT2D eigenvalue weighted by molar-refractivity contribution is 4.89. The first-order valence-corrected chi connectivity index (χ1v) is 7.70. The molecule has 0 spiro atoms. The summed E-state index contributed by atoms with van der Waals surface area (Å²) in [6.07, 6.45) is 10.0. The largest absolute Gasteiger partial charge is 0.326 e. The number of likely N-dealkylation sites (tertiary alicyclic amines) is 1. The fourth-order valence-corrected chi connectivity index (χ4v) is 3.75. The Labute approximate surface area is 107 Å². The molecule has 1 saturated heterocycles. The predicted octanol–water partition coefficient (Wildman–Crippen LogP) is 3.01. The van der Waals surface area contributed by atoms with Crippen molar-refractivity contribution in [2.75, 3.05) is 13.1 Å². The van der Waals surface area contributed by atoms with E-state index in [1.165, 1.54) is 51.5 Å². The molecule has 100 valence electrons. The molecule has 0 aromatic carbocycles. The standard InChI is InChI=1S/C15H30N2/c1-3-5-13-6-4-7-14(9-8-13)17-10-12(2)15(16)11-17/h12-15H,3-11,16H2,1-2H3. The Kier molecular flexibility index (Phi) is 4.87. The van der Waals surface area contributed by atoms with Gasteiger partial charge in [0.25, 0.3) is 0 Å². The van der Waals surface area contributed by atoms with E-state index in [-0.39, 0.29) is 0 Å². The first-order valence-electron chi connectivity index (χ1n) is 7.70. The number of rotatable bonds is 3. The SMILES string of the molecule is CCCC1CCCC(N2CC(C)C(N)C2)CC1. The fourth-order valence-electron chi connectivity index (χ4n) is 3.75. The summed E-state index contributed by atoms with van der Waals surface area (Å²) in [6.45, 7) is 7.01. The van der Waals surface area contributed by atoms with Crippen LogP contribution in [0.15, 0.2) is 0 Å². The normalized spacial score (nSPS) is 40.4. The van der Waals surface area contributed by atoms with Gasteiger partial charge in [0.15, 0.2) is 0 Å². The Morgan fingerprint density at radius 2 is 1.94 bits per heavy atom. The molecule has 0 aromatic rings. The molecule has 2 rings (SSSR count). The minimum atomic E-state index is 0.421. The Hall–Kier alpha value is -0.0800. The van der Waals surface area contributed by atoms with Crippen molar-refractivity contribution in [2.45, 2.75) is 70.9 Å². The van der Waals surface area contributed by atoms with E-state index >= 15 is 0 Å².